The van der Waals surface area contributed by atoms with E-state index >= 15 is 0 Å². The fourth-order valence-corrected chi connectivity index (χ4v) is 1.91. The van der Waals surface area contributed by atoms with E-state index in [1.165, 1.54) is 7.11 Å². The number of nitrogens with zero attached hydrogens (tertiary/aromatic N) is 2. The molecule has 0 saturated carbocycles. The number of rotatable bonds is 1. The molecule has 1 amide bonds. The second-order valence-electron chi connectivity index (χ2n) is 3.66. The first-order valence-electron chi connectivity index (χ1n) is 7.05. The standard InChI is InChI=1S/C11H14N2O2.2C2H6/c1-15-11(14)13-7-5-9(8-13)10-4-2-3-6-12-10;2*1-2/h2-4,6,9H,5,7-8H2,1H3;2*1-2H3. The largest absolute Gasteiger partial charge is 0.453 e. The highest BCUT2D eigenvalue weighted by Gasteiger charge is 2.28. The number of likely N-dealkylation sites (tertiary alicyclic amines) is 1. The Morgan fingerprint density at radius 1 is 1.32 bits per heavy atom. The van der Waals surface area contributed by atoms with E-state index in [0.29, 0.717) is 12.5 Å². The lowest BCUT2D eigenvalue weighted by Gasteiger charge is -2.14. The quantitative estimate of drug-likeness (QED) is 0.778. The number of carbonyl (C=O) groups is 1. The van der Waals surface area contributed by atoms with Crippen molar-refractivity contribution in [1.29, 1.82) is 0 Å². The van der Waals surface area contributed by atoms with Crippen LogP contribution >= 0.6 is 0 Å². The van der Waals surface area contributed by atoms with Crippen molar-refractivity contribution in [3.63, 3.8) is 0 Å². The van der Waals surface area contributed by atoms with Gasteiger partial charge >= 0.3 is 6.09 Å². The maximum atomic E-state index is 11.3. The first kappa shape index (κ1) is 17.4. The summed E-state index contributed by atoms with van der Waals surface area (Å²) in [7, 11) is 1.41. The molecule has 1 aliphatic rings. The summed E-state index contributed by atoms with van der Waals surface area (Å²) in [5.74, 6) is 0.352. The van der Waals surface area contributed by atoms with Crippen LogP contribution in [0.25, 0.3) is 0 Å². The maximum absolute atomic E-state index is 11.3. The first-order chi connectivity index (χ1) is 9.31. The fraction of sp³-hybridized carbons (Fsp3) is 0.600. The number of methoxy groups -OCH3 is 1. The van der Waals surface area contributed by atoms with Gasteiger partial charge in [-0.2, -0.15) is 0 Å². The van der Waals surface area contributed by atoms with Crippen LogP contribution in [-0.4, -0.2) is 36.2 Å². The van der Waals surface area contributed by atoms with Crippen LogP contribution in [0.1, 0.15) is 45.7 Å². The number of aromatic nitrogens is 1. The zero-order chi connectivity index (χ0) is 14.7. The molecule has 1 aliphatic heterocycles. The molecule has 0 aromatic carbocycles. The van der Waals surface area contributed by atoms with E-state index in [1.54, 1.807) is 11.1 Å². The molecule has 0 aliphatic carbocycles. The summed E-state index contributed by atoms with van der Waals surface area (Å²) in [5, 5.41) is 0. The molecule has 1 fully saturated rings. The fourth-order valence-electron chi connectivity index (χ4n) is 1.91. The van der Waals surface area contributed by atoms with Crippen LogP contribution in [-0.2, 0) is 4.74 Å². The average Bonchev–Trinajstić information content (AvgIpc) is 3.01. The molecule has 1 atom stereocenters. The molecule has 2 heterocycles. The number of ether oxygens (including phenoxy) is 1. The van der Waals surface area contributed by atoms with Gasteiger partial charge in [-0.05, 0) is 18.6 Å². The van der Waals surface area contributed by atoms with Crippen LogP contribution in [0.15, 0.2) is 24.4 Å². The Bertz CT molecular complexity index is 341. The monoisotopic (exact) mass is 266 g/mol. The normalized spacial score (nSPS) is 16.7. The number of hydrogen-bond donors (Lipinski definition) is 0. The smallest absolute Gasteiger partial charge is 0.409 e. The van der Waals surface area contributed by atoms with E-state index in [-0.39, 0.29) is 6.09 Å². The molecule has 1 unspecified atom stereocenters. The highest BCUT2D eigenvalue weighted by atomic mass is 16.5. The second-order valence-corrected chi connectivity index (χ2v) is 3.66. The molecule has 0 bridgehead atoms. The van der Waals surface area contributed by atoms with Gasteiger partial charge in [-0.25, -0.2) is 4.79 Å². The van der Waals surface area contributed by atoms with Gasteiger partial charge in [0.1, 0.15) is 0 Å². The lowest BCUT2D eigenvalue weighted by Crippen LogP contribution is -2.28. The molecule has 1 saturated heterocycles. The van der Waals surface area contributed by atoms with Gasteiger partial charge in [0.15, 0.2) is 0 Å². The summed E-state index contributed by atoms with van der Waals surface area (Å²) in [4.78, 5) is 17.3. The van der Waals surface area contributed by atoms with Gasteiger partial charge in [0.25, 0.3) is 0 Å². The summed E-state index contributed by atoms with van der Waals surface area (Å²) in [6.45, 7) is 9.47. The Labute approximate surface area is 116 Å². The van der Waals surface area contributed by atoms with Crippen molar-refractivity contribution in [3.05, 3.63) is 30.1 Å². The molecule has 4 nitrogen and oxygen atoms in total. The minimum absolute atomic E-state index is 0.242. The third kappa shape index (κ3) is 5.28. The van der Waals surface area contributed by atoms with E-state index in [0.717, 1.165) is 18.7 Å². The third-order valence-electron chi connectivity index (χ3n) is 2.73. The molecule has 1 aromatic rings. The molecule has 0 N–H and O–H groups in total. The SMILES string of the molecule is CC.CC.COC(=O)N1CCC(c2ccccn2)C1. The molecular weight excluding hydrogens is 240 g/mol. The van der Waals surface area contributed by atoms with Gasteiger partial charge in [0, 0.05) is 30.9 Å². The molecule has 4 heteroatoms. The summed E-state index contributed by atoms with van der Waals surface area (Å²) in [6, 6.07) is 5.88. The predicted molar refractivity (Wildman–Crippen MR) is 78.3 cm³/mol. The molecule has 2 rings (SSSR count). The van der Waals surface area contributed by atoms with Gasteiger partial charge in [0.2, 0.25) is 0 Å². The van der Waals surface area contributed by atoms with Crippen molar-refractivity contribution in [3.8, 4) is 0 Å². The Kier molecular flexibility index (Phi) is 9.49. The minimum Gasteiger partial charge on any atom is -0.453 e. The lowest BCUT2D eigenvalue weighted by molar-refractivity contribution is 0.132. The molecular formula is C15H26N2O2. The van der Waals surface area contributed by atoms with Gasteiger partial charge < -0.3 is 9.64 Å². The van der Waals surface area contributed by atoms with E-state index in [1.807, 2.05) is 45.9 Å². The van der Waals surface area contributed by atoms with Crippen molar-refractivity contribution in [2.45, 2.75) is 40.0 Å². The topological polar surface area (TPSA) is 42.4 Å². The van der Waals surface area contributed by atoms with Crippen molar-refractivity contribution in [1.82, 2.24) is 9.88 Å². The highest BCUT2D eigenvalue weighted by molar-refractivity contribution is 5.67. The summed E-state index contributed by atoms with van der Waals surface area (Å²) < 4.78 is 4.68. The van der Waals surface area contributed by atoms with E-state index in [4.69, 9.17) is 0 Å². The Hall–Kier alpha value is -1.58. The number of hydrogen-bond acceptors (Lipinski definition) is 3. The molecule has 19 heavy (non-hydrogen) atoms. The zero-order valence-electron chi connectivity index (χ0n) is 12.7. The number of amides is 1. The Morgan fingerprint density at radius 3 is 2.53 bits per heavy atom. The van der Waals surface area contributed by atoms with Crippen molar-refractivity contribution in [2.75, 3.05) is 20.2 Å². The second kappa shape index (κ2) is 10.4. The molecule has 0 spiro atoms. The van der Waals surface area contributed by atoms with E-state index < -0.39 is 0 Å². The minimum atomic E-state index is -0.242. The Morgan fingerprint density at radius 2 is 2.00 bits per heavy atom. The van der Waals surface area contributed by atoms with Crippen LogP contribution in [0, 0.1) is 0 Å². The average molecular weight is 266 g/mol. The summed E-state index contributed by atoms with van der Waals surface area (Å²) in [6.07, 6.45) is 2.51. The van der Waals surface area contributed by atoms with Crippen molar-refractivity contribution in [2.24, 2.45) is 0 Å². The maximum Gasteiger partial charge on any atom is 0.409 e. The molecule has 1 aromatic heterocycles. The Balaban J connectivity index is 0.000000741. The first-order valence-corrected chi connectivity index (χ1v) is 7.05. The predicted octanol–water partition coefficient (Wildman–Crippen LogP) is 3.69. The van der Waals surface area contributed by atoms with Crippen LogP contribution in [0.4, 0.5) is 4.79 Å². The number of pyridine rings is 1. The van der Waals surface area contributed by atoms with Crippen LogP contribution in [0.2, 0.25) is 0 Å². The van der Waals surface area contributed by atoms with Gasteiger partial charge in [-0.1, -0.05) is 33.8 Å². The van der Waals surface area contributed by atoms with Gasteiger partial charge in [-0.3, -0.25) is 4.98 Å². The number of carbonyl (C=O) groups excluding carboxylic acids is 1. The van der Waals surface area contributed by atoms with Crippen molar-refractivity contribution >= 4 is 6.09 Å². The van der Waals surface area contributed by atoms with E-state index in [2.05, 4.69) is 9.72 Å². The lowest BCUT2D eigenvalue weighted by atomic mass is 10.0. The summed E-state index contributed by atoms with van der Waals surface area (Å²) in [5.41, 5.74) is 1.06. The molecule has 0 radical (unpaired) electrons. The van der Waals surface area contributed by atoms with E-state index in [9.17, 15) is 4.79 Å². The summed E-state index contributed by atoms with van der Waals surface area (Å²) >= 11 is 0. The van der Waals surface area contributed by atoms with Gasteiger partial charge in [-0.15, -0.1) is 0 Å². The third-order valence-corrected chi connectivity index (χ3v) is 2.73. The van der Waals surface area contributed by atoms with Crippen LogP contribution in [0.5, 0.6) is 0 Å². The van der Waals surface area contributed by atoms with Crippen molar-refractivity contribution < 1.29 is 9.53 Å². The molecule has 108 valence electrons. The van der Waals surface area contributed by atoms with Crippen LogP contribution < -0.4 is 0 Å². The highest BCUT2D eigenvalue weighted by Crippen LogP contribution is 2.25. The van der Waals surface area contributed by atoms with Gasteiger partial charge in [0.05, 0.1) is 7.11 Å². The zero-order valence-corrected chi connectivity index (χ0v) is 12.7. The van der Waals surface area contributed by atoms with Crippen LogP contribution in [0.3, 0.4) is 0 Å².